The van der Waals surface area contributed by atoms with Crippen LogP contribution in [0.1, 0.15) is 22.6 Å². The van der Waals surface area contributed by atoms with Gasteiger partial charge in [-0.25, -0.2) is 9.97 Å². The van der Waals surface area contributed by atoms with Gasteiger partial charge < -0.3 is 15.2 Å². The number of fused-ring (bicyclic) bond motifs is 1. The van der Waals surface area contributed by atoms with Crippen LogP contribution >= 0.6 is 35.3 Å². The highest BCUT2D eigenvalue weighted by atomic mass is 127. The Labute approximate surface area is 175 Å². The van der Waals surface area contributed by atoms with Crippen LogP contribution in [-0.4, -0.2) is 34.1 Å². The first-order valence-electron chi connectivity index (χ1n) is 8.49. The molecule has 2 heterocycles. The Morgan fingerprint density at radius 1 is 1.27 bits per heavy atom. The second kappa shape index (κ2) is 9.86. The lowest BCUT2D eigenvalue weighted by atomic mass is 10.3. The maximum atomic E-state index is 4.67. The van der Waals surface area contributed by atoms with E-state index in [0.717, 1.165) is 47.2 Å². The van der Waals surface area contributed by atoms with E-state index in [0.29, 0.717) is 6.54 Å². The standard InChI is InChI=1S/C18H24N6S.HI/c1-4-13-11-21-17(25-13)9-10-20-18(19-2)22-12-16-23-14-7-5-6-8-15(14)24(16)3;/h5-8,11H,4,9-10,12H2,1-3H3,(H2,19,20,22);1H. The summed E-state index contributed by atoms with van der Waals surface area (Å²) in [5.41, 5.74) is 2.15. The minimum Gasteiger partial charge on any atom is -0.356 e. The average molecular weight is 484 g/mol. The minimum atomic E-state index is 0. The third kappa shape index (κ3) is 4.94. The predicted octanol–water partition coefficient (Wildman–Crippen LogP) is 3.12. The summed E-state index contributed by atoms with van der Waals surface area (Å²) < 4.78 is 2.11. The van der Waals surface area contributed by atoms with Crippen LogP contribution in [0.5, 0.6) is 0 Å². The Bertz CT molecular complexity index is 870. The summed E-state index contributed by atoms with van der Waals surface area (Å²) in [6.07, 6.45) is 3.92. The smallest absolute Gasteiger partial charge is 0.191 e. The van der Waals surface area contributed by atoms with Gasteiger partial charge in [-0.05, 0) is 18.6 Å². The van der Waals surface area contributed by atoms with Gasteiger partial charge >= 0.3 is 0 Å². The van der Waals surface area contributed by atoms with Gasteiger partial charge in [0, 0.05) is 38.1 Å². The number of nitrogens with one attached hydrogen (secondary N) is 2. The number of nitrogens with zero attached hydrogens (tertiary/aromatic N) is 4. The van der Waals surface area contributed by atoms with Gasteiger partial charge in [-0.1, -0.05) is 19.1 Å². The number of hydrogen-bond acceptors (Lipinski definition) is 4. The Morgan fingerprint density at radius 2 is 2.08 bits per heavy atom. The number of benzene rings is 1. The molecule has 0 fully saturated rings. The van der Waals surface area contributed by atoms with Crippen molar-refractivity contribution in [2.24, 2.45) is 12.0 Å². The van der Waals surface area contributed by atoms with Crippen LogP contribution < -0.4 is 10.6 Å². The van der Waals surface area contributed by atoms with Crippen LogP contribution in [0, 0.1) is 0 Å². The number of hydrogen-bond donors (Lipinski definition) is 2. The van der Waals surface area contributed by atoms with Crippen molar-refractivity contribution in [2.45, 2.75) is 26.3 Å². The van der Waals surface area contributed by atoms with Crippen LogP contribution in [0.15, 0.2) is 35.5 Å². The summed E-state index contributed by atoms with van der Waals surface area (Å²) in [4.78, 5) is 14.7. The zero-order valence-electron chi connectivity index (χ0n) is 15.3. The summed E-state index contributed by atoms with van der Waals surface area (Å²) in [7, 11) is 3.82. The van der Waals surface area contributed by atoms with Crippen LogP contribution in [0.25, 0.3) is 11.0 Å². The lowest BCUT2D eigenvalue weighted by molar-refractivity contribution is 0.733. The van der Waals surface area contributed by atoms with E-state index in [-0.39, 0.29) is 24.0 Å². The highest BCUT2D eigenvalue weighted by Crippen LogP contribution is 2.14. The molecule has 0 radical (unpaired) electrons. The molecule has 3 rings (SSSR count). The fraction of sp³-hybridized carbons (Fsp3) is 0.389. The van der Waals surface area contributed by atoms with Crippen LogP contribution in [0.4, 0.5) is 0 Å². The Balaban J connectivity index is 0.00000243. The predicted molar refractivity (Wildman–Crippen MR) is 120 cm³/mol. The molecule has 0 spiro atoms. The first kappa shape index (κ1) is 20.6. The first-order chi connectivity index (χ1) is 12.2. The summed E-state index contributed by atoms with van der Waals surface area (Å²) in [6, 6.07) is 8.15. The molecule has 0 amide bonds. The molecule has 0 aliphatic heterocycles. The number of para-hydroxylation sites is 2. The molecule has 0 saturated carbocycles. The quantitative estimate of drug-likeness (QED) is 0.321. The number of thiazole rings is 1. The molecule has 3 aromatic rings. The molecule has 26 heavy (non-hydrogen) atoms. The fourth-order valence-corrected chi connectivity index (χ4v) is 3.51. The van der Waals surface area contributed by atoms with Crippen molar-refractivity contribution in [1.29, 1.82) is 0 Å². The van der Waals surface area contributed by atoms with E-state index in [9.17, 15) is 0 Å². The van der Waals surface area contributed by atoms with E-state index in [2.05, 4.69) is 43.2 Å². The zero-order chi connectivity index (χ0) is 17.6. The minimum absolute atomic E-state index is 0. The molecule has 0 saturated heterocycles. The zero-order valence-corrected chi connectivity index (χ0v) is 18.5. The number of aromatic nitrogens is 3. The van der Waals surface area contributed by atoms with Crippen LogP contribution in [0.2, 0.25) is 0 Å². The molecule has 8 heteroatoms. The second-order valence-electron chi connectivity index (χ2n) is 5.75. The largest absolute Gasteiger partial charge is 0.356 e. The van der Waals surface area contributed by atoms with E-state index in [1.54, 1.807) is 18.4 Å². The Hall–Kier alpha value is -1.68. The van der Waals surface area contributed by atoms with Crippen molar-refractivity contribution in [3.05, 3.63) is 46.2 Å². The lowest BCUT2D eigenvalue weighted by Gasteiger charge is -2.11. The van der Waals surface area contributed by atoms with Crippen molar-refractivity contribution in [2.75, 3.05) is 13.6 Å². The van der Waals surface area contributed by atoms with Crippen molar-refractivity contribution >= 4 is 52.3 Å². The number of halogens is 1. The molecule has 2 aromatic heterocycles. The van der Waals surface area contributed by atoms with Gasteiger partial charge in [-0.3, -0.25) is 4.99 Å². The molecule has 2 N–H and O–H groups in total. The summed E-state index contributed by atoms with van der Waals surface area (Å²) in [5, 5.41) is 7.83. The third-order valence-electron chi connectivity index (χ3n) is 4.10. The van der Waals surface area contributed by atoms with Gasteiger partial charge in [-0.2, -0.15) is 0 Å². The van der Waals surface area contributed by atoms with Gasteiger partial charge in [0.25, 0.3) is 0 Å². The van der Waals surface area contributed by atoms with Crippen LogP contribution in [-0.2, 0) is 26.4 Å². The van der Waals surface area contributed by atoms with Gasteiger partial charge in [0.15, 0.2) is 5.96 Å². The number of rotatable bonds is 6. The molecule has 0 unspecified atom stereocenters. The first-order valence-corrected chi connectivity index (χ1v) is 9.31. The maximum Gasteiger partial charge on any atom is 0.191 e. The fourth-order valence-electron chi connectivity index (χ4n) is 2.65. The summed E-state index contributed by atoms with van der Waals surface area (Å²) >= 11 is 1.78. The molecule has 140 valence electrons. The van der Waals surface area contributed by atoms with Crippen molar-refractivity contribution in [3.63, 3.8) is 0 Å². The molecule has 6 nitrogen and oxygen atoms in total. The third-order valence-corrected chi connectivity index (χ3v) is 5.30. The number of imidazole rings is 1. The highest BCUT2D eigenvalue weighted by Gasteiger charge is 2.08. The summed E-state index contributed by atoms with van der Waals surface area (Å²) in [6.45, 7) is 3.59. The van der Waals surface area contributed by atoms with Gasteiger partial charge in [-0.15, -0.1) is 35.3 Å². The summed E-state index contributed by atoms with van der Waals surface area (Å²) in [5.74, 6) is 1.76. The molecule has 0 aliphatic rings. The topological polar surface area (TPSA) is 67.1 Å². The number of guanidine groups is 1. The molecule has 0 atom stereocenters. The van der Waals surface area contributed by atoms with Gasteiger partial charge in [0.2, 0.25) is 0 Å². The monoisotopic (exact) mass is 484 g/mol. The molecular formula is C18H25IN6S. The second-order valence-corrected chi connectivity index (χ2v) is 6.95. The van der Waals surface area contributed by atoms with Crippen molar-refractivity contribution in [3.8, 4) is 0 Å². The SMILES string of the molecule is CCc1cnc(CCNC(=NC)NCc2nc3ccccc3n2C)s1.I. The van der Waals surface area contributed by atoms with E-state index in [1.807, 2.05) is 31.4 Å². The lowest BCUT2D eigenvalue weighted by Crippen LogP contribution is -2.38. The Morgan fingerprint density at radius 3 is 2.77 bits per heavy atom. The van der Waals surface area contributed by atoms with E-state index < -0.39 is 0 Å². The van der Waals surface area contributed by atoms with Gasteiger partial charge in [0.05, 0.1) is 22.6 Å². The Kier molecular flexibility index (Phi) is 7.83. The molecule has 1 aromatic carbocycles. The molecule has 0 bridgehead atoms. The maximum absolute atomic E-state index is 4.67. The van der Waals surface area contributed by atoms with Crippen molar-refractivity contribution < 1.29 is 0 Å². The van der Waals surface area contributed by atoms with Crippen molar-refractivity contribution in [1.82, 2.24) is 25.2 Å². The van der Waals surface area contributed by atoms with E-state index in [4.69, 9.17) is 0 Å². The number of aryl methyl sites for hydroxylation is 2. The molecule has 0 aliphatic carbocycles. The average Bonchev–Trinajstić information content (AvgIpc) is 3.23. The number of aliphatic imine (C=N–C) groups is 1. The normalized spacial score (nSPS) is 11.4. The molecular weight excluding hydrogens is 459 g/mol. The van der Waals surface area contributed by atoms with E-state index in [1.165, 1.54) is 4.88 Å². The van der Waals surface area contributed by atoms with E-state index >= 15 is 0 Å². The highest BCUT2D eigenvalue weighted by molar-refractivity contribution is 14.0. The van der Waals surface area contributed by atoms with Gasteiger partial charge in [0.1, 0.15) is 5.82 Å². The van der Waals surface area contributed by atoms with Crippen LogP contribution in [0.3, 0.4) is 0 Å².